The van der Waals surface area contributed by atoms with E-state index in [9.17, 15) is 4.79 Å². The SMILES string of the molecule is Cn1c(Cc2ccccc2)nnc1SCC(=O)Nc1ccc2c(c1)OC1(CCCCC1)O2. The molecule has 8 heteroatoms. The Bertz CT molecular complexity index is 1110. The van der Waals surface area contributed by atoms with E-state index in [4.69, 9.17) is 9.47 Å². The lowest BCUT2D eigenvalue weighted by Gasteiger charge is -2.31. The van der Waals surface area contributed by atoms with Crippen molar-refractivity contribution in [3.8, 4) is 11.5 Å². The molecule has 2 aromatic carbocycles. The van der Waals surface area contributed by atoms with Crippen LogP contribution in [0.1, 0.15) is 43.5 Å². The van der Waals surface area contributed by atoms with Gasteiger partial charge in [0.15, 0.2) is 16.7 Å². The number of hydrogen-bond acceptors (Lipinski definition) is 6. The monoisotopic (exact) mass is 450 g/mol. The van der Waals surface area contributed by atoms with Gasteiger partial charge >= 0.3 is 0 Å². The molecule has 0 atom stereocenters. The zero-order chi connectivity index (χ0) is 22.0. The summed E-state index contributed by atoms with van der Waals surface area (Å²) < 4.78 is 14.2. The standard InChI is InChI=1S/C24H26N4O3S/c1-28-21(14-17-8-4-2-5-9-17)26-27-23(28)32-16-22(29)25-18-10-11-19-20(15-18)31-24(30-19)12-6-3-7-13-24/h2,4-5,8-11,15H,3,6-7,12-14,16H2,1H3,(H,25,29). The van der Waals surface area contributed by atoms with Gasteiger partial charge in [-0.05, 0) is 30.5 Å². The van der Waals surface area contributed by atoms with Gasteiger partial charge in [-0.25, -0.2) is 0 Å². The highest BCUT2D eigenvalue weighted by atomic mass is 32.2. The van der Waals surface area contributed by atoms with E-state index in [0.29, 0.717) is 17.9 Å². The van der Waals surface area contributed by atoms with E-state index < -0.39 is 5.79 Å². The molecule has 1 amide bonds. The van der Waals surface area contributed by atoms with Crippen molar-refractivity contribution in [2.24, 2.45) is 7.05 Å². The number of ether oxygens (including phenoxy) is 2. The zero-order valence-electron chi connectivity index (χ0n) is 18.0. The summed E-state index contributed by atoms with van der Waals surface area (Å²) in [4.78, 5) is 12.5. The Hall–Kier alpha value is -3.00. The number of carbonyl (C=O) groups is 1. The Morgan fingerprint density at radius 1 is 1.06 bits per heavy atom. The fourth-order valence-electron chi connectivity index (χ4n) is 4.20. The Morgan fingerprint density at radius 3 is 2.66 bits per heavy atom. The highest BCUT2D eigenvalue weighted by molar-refractivity contribution is 7.99. The van der Waals surface area contributed by atoms with Crippen LogP contribution in [0.2, 0.25) is 0 Å². The number of benzene rings is 2. The van der Waals surface area contributed by atoms with E-state index in [1.165, 1.54) is 23.7 Å². The summed E-state index contributed by atoms with van der Waals surface area (Å²) in [6.45, 7) is 0. The van der Waals surface area contributed by atoms with Crippen molar-refractivity contribution in [1.82, 2.24) is 14.8 Å². The molecule has 0 saturated heterocycles. The predicted octanol–water partition coefficient (Wildman–Crippen LogP) is 4.57. The lowest BCUT2D eigenvalue weighted by molar-refractivity contribution is -0.113. The van der Waals surface area contributed by atoms with E-state index in [0.717, 1.165) is 42.4 Å². The molecule has 1 aliphatic heterocycles. The Kier molecular flexibility index (Phi) is 5.78. The molecule has 0 radical (unpaired) electrons. The quantitative estimate of drug-likeness (QED) is 0.555. The minimum absolute atomic E-state index is 0.103. The zero-order valence-corrected chi connectivity index (χ0v) is 18.9. The molecular weight excluding hydrogens is 424 g/mol. The van der Waals surface area contributed by atoms with Gasteiger partial charge in [0.25, 0.3) is 5.79 Å². The second-order valence-electron chi connectivity index (χ2n) is 8.29. The molecule has 2 heterocycles. The summed E-state index contributed by atoms with van der Waals surface area (Å²) in [5, 5.41) is 12.2. The van der Waals surface area contributed by atoms with Crippen LogP contribution in [-0.4, -0.2) is 32.2 Å². The first-order chi connectivity index (χ1) is 15.6. The summed E-state index contributed by atoms with van der Waals surface area (Å²) in [5.41, 5.74) is 1.88. The number of nitrogens with zero attached hydrogens (tertiary/aromatic N) is 3. The molecule has 5 rings (SSSR count). The van der Waals surface area contributed by atoms with Gasteiger partial charge in [-0.3, -0.25) is 4.79 Å². The van der Waals surface area contributed by atoms with Crippen molar-refractivity contribution in [2.45, 2.75) is 49.5 Å². The van der Waals surface area contributed by atoms with Gasteiger partial charge in [0.05, 0.1) is 5.75 Å². The maximum absolute atomic E-state index is 12.5. The third kappa shape index (κ3) is 4.46. The average molecular weight is 451 g/mol. The van der Waals surface area contributed by atoms with Crippen molar-refractivity contribution in [1.29, 1.82) is 0 Å². The molecule has 166 valence electrons. The molecule has 1 saturated carbocycles. The normalized spacial score (nSPS) is 16.3. The van der Waals surface area contributed by atoms with Crippen LogP contribution >= 0.6 is 11.8 Å². The molecule has 0 unspecified atom stereocenters. The number of rotatable bonds is 6. The third-order valence-corrected chi connectivity index (χ3v) is 6.92. The maximum atomic E-state index is 12.5. The summed E-state index contributed by atoms with van der Waals surface area (Å²) in [6.07, 6.45) is 5.97. The topological polar surface area (TPSA) is 78.3 Å². The summed E-state index contributed by atoms with van der Waals surface area (Å²) in [5.74, 6) is 1.96. The van der Waals surface area contributed by atoms with Gasteiger partial charge in [-0.15, -0.1) is 10.2 Å². The van der Waals surface area contributed by atoms with E-state index in [1.54, 1.807) is 0 Å². The predicted molar refractivity (Wildman–Crippen MR) is 123 cm³/mol. The fraction of sp³-hybridized carbons (Fsp3) is 0.375. The van der Waals surface area contributed by atoms with Gasteiger partial charge in [0.2, 0.25) is 5.91 Å². The van der Waals surface area contributed by atoms with Crippen LogP contribution < -0.4 is 14.8 Å². The summed E-state index contributed by atoms with van der Waals surface area (Å²) >= 11 is 1.37. The van der Waals surface area contributed by atoms with Crippen LogP contribution in [-0.2, 0) is 18.3 Å². The molecule has 1 N–H and O–H groups in total. The third-order valence-electron chi connectivity index (χ3n) is 5.90. The summed E-state index contributed by atoms with van der Waals surface area (Å²) in [6, 6.07) is 15.7. The number of carbonyl (C=O) groups excluding carboxylic acids is 1. The second kappa shape index (κ2) is 8.86. The average Bonchev–Trinajstić information content (AvgIpc) is 3.32. The van der Waals surface area contributed by atoms with Crippen molar-refractivity contribution in [3.63, 3.8) is 0 Å². The van der Waals surface area contributed by atoms with E-state index in [2.05, 4.69) is 27.6 Å². The van der Waals surface area contributed by atoms with Crippen molar-refractivity contribution in [3.05, 3.63) is 59.9 Å². The number of anilines is 1. The molecule has 32 heavy (non-hydrogen) atoms. The van der Waals surface area contributed by atoms with Gasteiger partial charge in [0, 0.05) is 38.1 Å². The molecule has 1 aromatic heterocycles. The first kappa shape index (κ1) is 20.9. The number of fused-ring (bicyclic) bond motifs is 1. The molecule has 1 aliphatic carbocycles. The number of aromatic nitrogens is 3. The van der Waals surface area contributed by atoms with Crippen LogP contribution in [0.5, 0.6) is 11.5 Å². The number of thioether (sulfide) groups is 1. The molecule has 0 bridgehead atoms. The van der Waals surface area contributed by atoms with Crippen molar-refractivity contribution < 1.29 is 14.3 Å². The van der Waals surface area contributed by atoms with Gasteiger partial charge < -0.3 is 19.4 Å². The smallest absolute Gasteiger partial charge is 0.251 e. The maximum Gasteiger partial charge on any atom is 0.251 e. The first-order valence-electron chi connectivity index (χ1n) is 11.0. The molecule has 7 nitrogen and oxygen atoms in total. The van der Waals surface area contributed by atoms with E-state index in [1.807, 2.05) is 48.0 Å². The second-order valence-corrected chi connectivity index (χ2v) is 9.24. The molecular formula is C24H26N4O3S. The highest BCUT2D eigenvalue weighted by Gasteiger charge is 2.42. The number of hydrogen-bond donors (Lipinski definition) is 1. The van der Waals surface area contributed by atoms with Crippen LogP contribution in [0.3, 0.4) is 0 Å². The van der Waals surface area contributed by atoms with E-state index >= 15 is 0 Å². The molecule has 3 aromatic rings. The molecule has 1 spiro atoms. The van der Waals surface area contributed by atoms with Crippen molar-refractivity contribution in [2.75, 3.05) is 11.1 Å². The summed E-state index contributed by atoms with van der Waals surface area (Å²) in [7, 11) is 1.93. The van der Waals surface area contributed by atoms with Gasteiger partial charge in [0.1, 0.15) is 5.82 Å². The van der Waals surface area contributed by atoms with Crippen LogP contribution in [0.4, 0.5) is 5.69 Å². The van der Waals surface area contributed by atoms with Crippen LogP contribution in [0.15, 0.2) is 53.7 Å². The minimum Gasteiger partial charge on any atom is -0.448 e. The van der Waals surface area contributed by atoms with Gasteiger partial charge in [-0.1, -0.05) is 48.5 Å². The number of amides is 1. The Labute approximate surface area is 191 Å². The van der Waals surface area contributed by atoms with Gasteiger partial charge in [-0.2, -0.15) is 0 Å². The van der Waals surface area contributed by atoms with E-state index in [-0.39, 0.29) is 11.7 Å². The largest absolute Gasteiger partial charge is 0.448 e. The Morgan fingerprint density at radius 2 is 1.84 bits per heavy atom. The minimum atomic E-state index is -0.512. The lowest BCUT2D eigenvalue weighted by Crippen LogP contribution is -2.40. The molecule has 1 fully saturated rings. The van der Waals surface area contributed by atoms with Crippen LogP contribution in [0.25, 0.3) is 0 Å². The van der Waals surface area contributed by atoms with Crippen molar-refractivity contribution >= 4 is 23.4 Å². The van der Waals surface area contributed by atoms with Crippen LogP contribution in [0, 0.1) is 0 Å². The Balaban J connectivity index is 1.17. The molecule has 2 aliphatic rings. The highest BCUT2D eigenvalue weighted by Crippen LogP contribution is 2.46. The number of nitrogens with one attached hydrogen (secondary N) is 1. The fourth-order valence-corrected chi connectivity index (χ4v) is 4.93. The lowest BCUT2D eigenvalue weighted by atomic mass is 9.94. The first-order valence-corrected chi connectivity index (χ1v) is 12.0.